The van der Waals surface area contributed by atoms with Gasteiger partial charge in [-0.25, -0.2) is 4.98 Å². The quantitative estimate of drug-likeness (QED) is 0.571. The van der Waals surface area contributed by atoms with Gasteiger partial charge in [0.1, 0.15) is 11.8 Å². The first-order valence-corrected chi connectivity index (χ1v) is 10.8. The monoisotopic (exact) mass is 474 g/mol. The number of ether oxygens (including phenoxy) is 3. The van der Waals surface area contributed by atoms with Gasteiger partial charge in [-0.15, -0.1) is 0 Å². The van der Waals surface area contributed by atoms with Gasteiger partial charge in [-0.05, 0) is 56.0 Å². The van der Waals surface area contributed by atoms with Crippen molar-refractivity contribution in [2.24, 2.45) is 0 Å². The number of H-pyrrole nitrogens is 1. The van der Waals surface area contributed by atoms with Gasteiger partial charge in [-0.3, -0.25) is 9.89 Å². The highest BCUT2D eigenvalue weighted by Crippen LogP contribution is 2.35. The van der Waals surface area contributed by atoms with E-state index >= 15 is 0 Å². The van der Waals surface area contributed by atoms with E-state index in [1.54, 1.807) is 12.1 Å². The summed E-state index contributed by atoms with van der Waals surface area (Å²) in [6, 6.07) is 9.28. The summed E-state index contributed by atoms with van der Waals surface area (Å²) in [6.45, 7) is 0.182. The Morgan fingerprint density at radius 3 is 2.59 bits per heavy atom. The molecule has 0 saturated heterocycles. The number of nitrogens with zero attached hydrogens (tertiary/aromatic N) is 2. The molecule has 1 saturated carbocycles. The van der Waals surface area contributed by atoms with Crippen molar-refractivity contribution in [3.05, 3.63) is 53.9 Å². The third kappa shape index (κ3) is 4.78. The Hall–Kier alpha value is -3.76. The fourth-order valence-electron chi connectivity index (χ4n) is 4.02. The zero-order valence-electron chi connectivity index (χ0n) is 17.9. The van der Waals surface area contributed by atoms with Crippen molar-refractivity contribution in [1.82, 2.24) is 20.5 Å². The lowest BCUT2D eigenvalue weighted by molar-refractivity contribution is -0.137. The number of rotatable bonds is 5. The van der Waals surface area contributed by atoms with E-state index in [9.17, 15) is 18.0 Å². The second kappa shape index (κ2) is 8.88. The molecule has 2 aliphatic rings. The van der Waals surface area contributed by atoms with Crippen LogP contribution in [0, 0.1) is 0 Å². The van der Waals surface area contributed by atoms with E-state index in [0.29, 0.717) is 48.6 Å². The van der Waals surface area contributed by atoms with Gasteiger partial charge in [0.25, 0.3) is 5.91 Å². The van der Waals surface area contributed by atoms with Crippen molar-refractivity contribution in [3.63, 3.8) is 0 Å². The first-order chi connectivity index (χ1) is 16.3. The molecule has 2 N–H and O–H groups in total. The van der Waals surface area contributed by atoms with Crippen LogP contribution in [0.15, 0.2) is 42.6 Å². The number of carbonyl (C=O) groups excluding carboxylic acids is 1. The Kier molecular flexibility index (Phi) is 5.76. The molecule has 3 heterocycles. The van der Waals surface area contributed by atoms with Crippen molar-refractivity contribution in [2.45, 2.75) is 44.0 Å². The maximum atomic E-state index is 12.7. The van der Waals surface area contributed by atoms with Crippen LogP contribution in [0.3, 0.4) is 0 Å². The van der Waals surface area contributed by atoms with E-state index < -0.39 is 11.7 Å². The fourth-order valence-corrected chi connectivity index (χ4v) is 4.02. The number of aromatic nitrogens is 3. The molecule has 8 nitrogen and oxygen atoms in total. The third-order valence-corrected chi connectivity index (χ3v) is 5.85. The lowest BCUT2D eigenvalue weighted by Gasteiger charge is -2.29. The molecular weight excluding hydrogens is 453 g/mol. The van der Waals surface area contributed by atoms with Crippen LogP contribution >= 0.6 is 0 Å². The molecule has 178 valence electrons. The van der Waals surface area contributed by atoms with Crippen LogP contribution in [0.5, 0.6) is 17.4 Å². The van der Waals surface area contributed by atoms with Crippen molar-refractivity contribution in [1.29, 1.82) is 0 Å². The van der Waals surface area contributed by atoms with Crippen molar-refractivity contribution >= 4 is 5.91 Å². The highest BCUT2D eigenvalue weighted by Gasteiger charge is 2.31. The highest BCUT2D eigenvalue weighted by atomic mass is 19.4. The second-order valence-electron chi connectivity index (χ2n) is 8.18. The van der Waals surface area contributed by atoms with E-state index in [1.165, 1.54) is 6.07 Å². The van der Waals surface area contributed by atoms with Crippen LogP contribution in [-0.2, 0) is 6.18 Å². The van der Waals surface area contributed by atoms with Gasteiger partial charge < -0.3 is 19.5 Å². The molecule has 1 aliphatic heterocycles. The summed E-state index contributed by atoms with van der Waals surface area (Å²) in [5.74, 6) is 1.21. The molecule has 0 spiro atoms. The van der Waals surface area contributed by atoms with Crippen LogP contribution in [0.1, 0.15) is 41.7 Å². The molecule has 1 amide bonds. The SMILES string of the molecule is O=C(NC1CCC(Oc2ccc(C(F)(F)F)cn2)CC1)c1cc(-c2ccc3c(c2)OCO3)n[nH]1. The van der Waals surface area contributed by atoms with E-state index in [0.717, 1.165) is 17.8 Å². The molecule has 5 rings (SSSR count). The van der Waals surface area contributed by atoms with Gasteiger partial charge in [0.15, 0.2) is 11.5 Å². The summed E-state index contributed by atoms with van der Waals surface area (Å²) >= 11 is 0. The average molecular weight is 474 g/mol. The van der Waals surface area contributed by atoms with Gasteiger partial charge in [-0.1, -0.05) is 0 Å². The number of aromatic amines is 1. The normalized spacial score (nSPS) is 19.6. The summed E-state index contributed by atoms with van der Waals surface area (Å²) < 4.78 is 54.4. The van der Waals surface area contributed by atoms with Gasteiger partial charge >= 0.3 is 6.18 Å². The maximum Gasteiger partial charge on any atom is 0.417 e. The molecule has 1 aliphatic carbocycles. The zero-order chi connectivity index (χ0) is 23.7. The molecule has 3 aromatic rings. The Bertz CT molecular complexity index is 1170. The number of pyridine rings is 1. The van der Waals surface area contributed by atoms with Crippen LogP contribution in [0.4, 0.5) is 13.2 Å². The topological polar surface area (TPSA) is 98.4 Å². The molecule has 1 fully saturated rings. The van der Waals surface area contributed by atoms with Crippen molar-refractivity contribution < 1.29 is 32.2 Å². The molecule has 1 aromatic carbocycles. The molecule has 0 bridgehead atoms. The lowest BCUT2D eigenvalue weighted by Crippen LogP contribution is -2.39. The molecule has 2 aromatic heterocycles. The predicted octanol–water partition coefficient (Wildman–Crippen LogP) is 4.34. The van der Waals surface area contributed by atoms with Gasteiger partial charge in [0.2, 0.25) is 12.7 Å². The average Bonchev–Trinajstić information content (AvgIpc) is 3.49. The van der Waals surface area contributed by atoms with Crippen molar-refractivity contribution in [3.8, 4) is 28.6 Å². The Morgan fingerprint density at radius 2 is 1.85 bits per heavy atom. The number of nitrogens with one attached hydrogen (secondary N) is 2. The number of hydrogen-bond donors (Lipinski definition) is 2. The number of fused-ring (bicyclic) bond motifs is 1. The molecular formula is C23H21F3N4O4. The van der Waals surface area contributed by atoms with Gasteiger partial charge in [0, 0.05) is 23.9 Å². The molecule has 0 radical (unpaired) electrons. The van der Waals surface area contributed by atoms with E-state index in [2.05, 4.69) is 20.5 Å². The van der Waals surface area contributed by atoms with Crippen LogP contribution in [0.25, 0.3) is 11.3 Å². The minimum atomic E-state index is -4.43. The standard InChI is InChI=1S/C23H21F3N4O4/c24-23(25,26)14-2-8-21(27-11-14)34-16-5-3-15(4-6-16)28-22(31)18-10-17(29-30-18)13-1-7-19-20(9-13)33-12-32-19/h1-2,7-11,15-16H,3-6,12H2,(H,28,31)(H,29,30). The van der Waals surface area contributed by atoms with E-state index in [4.69, 9.17) is 14.2 Å². The Balaban J connectivity index is 1.12. The van der Waals surface area contributed by atoms with Gasteiger partial charge in [-0.2, -0.15) is 18.3 Å². The predicted molar refractivity (Wildman–Crippen MR) is 114 cm³/mol. The smallest absolute Gasteiger partial charge is 0.417 e. The Labute approximate surface area is 192 Å². The summed E-state index contributed by atoms with van der Waals surface area (Å²) in [5.41, 5.74) is 0.949. The summed E-state index contributed by atoms with van der Waals surface area (Å²) in [5, 5.41) is 10.00. The first-order valence-electron chi connectivity index (χ1n) is 10.8. The number of halogens is 3. The lowest BCUT2D eigenvalue weighted by atomic mass is 9.93. The van der Waals surface area contributed by atoms with E-state index in [1.807, 2.05) is 12.1 Å². The number of hydrogen-bond acceptors (Lipinski definition) is 6. The second-order valence-corrected chi connectivity index (χ2v) is 8.18. The summed E-state index contributed by atoms with van der Waals surface area (Å²) in [7, 11) is 0. The minimum absolute atomic E-state index is 0.0368. The zero-order valence-corrected chi connectivity index (χ0v) is 17.9. The molecule has 0 atom stereocenters. The largest absolute Gasteiger partial charge is 0.474 e. The van der Waals surface area contributed by atoms with Crippen LogP contribution < -0.4 is 19.5 Å². The maximum absolute atomic E-state index is 12.7. The highest BCUT2D eigenvalue weighted by molar-refractivity contribution is 5.93. The van der Waals surface area contributed by atoms with Crippen LogP contribution in [0.2, 0.25) is 0 Å². The van der Waals surface area contributed by atoms with E-state index in [-0.39, 0.29) is 30.7 Å². The fraction of sp³-hybridized carbons (Fsp3) is 0.348. The first kappa shape index (κ1) is 22.1. The molecule has 11 heteroatoms. The Morgan fingerprint density at radius 1 is 1.06 bits per heavy atom. The van der Waals surface area contributed by atoms with Gasteiger partial charge in [0.05, 0.1) is 11.3 Å². The number of benzene rings is 1. The summed E-state index contributed by atoms with van der Waals surface area (Å²) in [6.07, 6.45) is -1.16. The summed E-state index contributed by atoms with van der Waals surface area (Å²) in [4.78, 5) is 16.4. The molecule has 34 heavy (non-hydrogen) atoms. The number of alkyl halides is 3. The number of carbonyl (C=O) groups is 1. The van der Waals surface area contributed by atoms with Crippen molar-refractivity contribution in [2.75, 3.05) is 6.79 Å². The number of amides is 1. The third-order valence-electron chi connectivity index (χ3n) is 5.85. The molecule has 0 unspecified atom stereocenters. The minimum Gasteiger partial charge on any atom is -0.474 e. The van der Waals surface area contributed by atoms with Crippen LogP contribution in [-0.4, -0.2) is 40.0 Å².